The molecule has 1 amide bonds. The smallest absolute Gasteiger partial charge is 0.306 e. The SMILES string of the molecule is O=C(CSc1n[nH]c(-c2ccc(Cl)cc2)n1)Nc1ccc(F)c([N+](=O)[O-])c1. The molecule has 138 valence electrons. The van der Waals surface area contributed by atoms with E-state index in [0.717, 1.165) is 29.5 Å². The minimum atomic E-state index is -0.970. The molecule has 27 heavy (non-hydrogen) atoms. The van der Waals surface area contributed by atoms with Crippen molar-refractivity contribution >= 4 is 40.6 Å². The second-order valence-corrected chi connectivity index (χ2v) is 6.61. The molecule has 0 unspecified atom stereocenters. The van der Waals surface area contributed by atoms with Gasteiger partial charge in [0, 0.05) is 22.3 Å². The molecule has 0 spiro atoms. The molecule has 0 bridgehead atoms. The van der Waals surface area contributed by atoms with E-state index in [-0.39, 0.29) is 11.4 Å². The van der Waals surface area contributed by atoms with Crippen LogP contribution in [0.15, 0.2) is 47.6 Å². The van der Waals surface area contributed by atoms with Gasteiger partial charge in [-0.1, -0.05) is 23.4 Å². The maximum atomic E-state index is 13.3. The number of H-pyrrole nitrogens is 1. The van der Waals surface area contributed by atoms with Crippen LogP contribution >= 0.6 is 23.4 Å². The van der Waals surface area contributed by atoms with Gasteiger partial charge in [0.1, 0.15) is 0 Å². The number of hydrogen-bond acceptors (Lipinski definition) is 6. The highest BCUT2D eigenvalue weighted by Gasteiger charge is 2.16. The molecule has 1 aromatic heterocycles. The lowest BCUT2D eigenvalue weighted by Crippen LogP contribution is -2.14. The van der Waals surface area contributed by atoms with Gasteiger partial charge >= 0.3 is 5.69 Å². The van der Waals surface area contributed by atoms with Crippen molar-refractivity contribution in [3.05, 3.63) is 63.4 Å². The number of rotatable bonds is 6. The van der Waals surface area contributed by atoms with Crippen LogP contribution in [0.25, 0.3) is 11.4 Å². The molecule has 0 saturated carbocycles. The van der Waals surface area contributed by atoms with Gasteiger partial charge in [-0.3, -0.25) is 20.0 Å². The summed E-state index contributed by atoms with van der Waals surface area (Å²) in [6, 6.07) is 10.1. The van der Waals surface area contributed by atoms with Crippen molar-refractivity contribution in [3.63, 3.8) is 0 Å². The molecule has 0 saturated heterocycles. The fourth-order valence-corrected chi connectivity index (χ4v) is 2.83. The Bertz CT molecular complexity index is 996. The number of nitrogens with one attached hydrogen (secondary N) is 2. The average Bonchev–Trinajstić information content (AvgIpc) is 3.11. The van der Waals surface area contributed by atoms with Crippen LogP contribution in [0.1, 0.15) is 0 Å². The fourth-order valence-electron chi connectivity index (χ4n) is 2.11. The summed E-state index contributed by atoms with van der Waals surface area (Å²) in [5, 5.41) is 20.9. The lowest BCUT2D eigenvalue weighted by molar-refractivity contribution is -0.387. The Balaban J connectivity index is 1.59. The third-order valence-electron chi connectivity index (χ3n) is 3.34. The zero-order valence-corrected chi connectivity index (χ0v) is 15.1. The van der Waals surface area contributed by atoms with E-state index in [1.807, 2.05) is 0 Å². The number of aromatic amines is 1. The molecule has 0 aliphatic rings. The van der Waals surface area contributed by atoms with E-state index in [0.29, 0.717) is 16.0 Å². The maximum absolute atomic E-state index is 13.3. The topological polar surface area (TPSA) is 114 Å². The number of carbonyl (C=O) groups is 1. The summed E-state index contributed by atoms with van der Waals surface area (Å²) in [7, 11) is 0. The predicted octanol–water partition coefficient (Wildman–Crippen LogP) is 3.90. The molecule has 0 aliphatic carbocycles. The molecular weight excluding hydrogens is 397 g/mol. The molecule has 0 aliphatic heterocycles. The van der Waals surface area contributed by atoms with E-state index in [9.17, 15) is 19.3 Å². The van der Waals surface area contributed by atoms with Gasteiger partial charge in [-0.25, -0.2) is 4.98 Å². The number of anilines is 1. The van der Waals surface area contributed by atoms with Crippen LogP contribution < -0.4 is 5.32 Å². The Morgan fingerprint density at radius 1 is 1.30 bits per heavy atom. The van der Waals surface area contributed by atoms with Gasteiger partial charge in [0.25, 0.3) is 0 Å². The van der Waals surface area contributed by atoms with Crippen LogP contribution in [-0.4, -0.2) is 31.8 Å². The highest BCUT2D eigenvalue weighted by molar-refractivity contribution is 7.99. The van der Waals surface area contributed by atoms with Crippen molar-refractivity contribution in [1.29, 1.82) is 0 Å². The van der Waals surface area contributed by atoms with Crippen LogP contribution in [0.2, 0.25) is 5.02 Å². The second-order valence-electron chi connectivity index (χ2n) is 5.23. The van der Waals surface area contributed by atoms with E-state index in [2.05, 4.69) is 20.5 Å². The Hall–Kier alpha value is -2.98. The van der Waals surface area contributed by atoms with Gasteiger partial charge < -0.3 is 5.32 Å². The molecule has 2 aromatic carbocycles. The first kappa shape index (κ1) is 18.8. The van der Waals surface area contributed by atoms with Gasteiger partial charge in [0.15, 0.2) is 5.82 Å². The average molecular weight is 408 g/mol. The van der Waals surface area contributed by atoms with E-state index in [1.54, 1.807) is 24.3 Å². The van der Waals surface area contributed by atoms with E-state index < -0.39 is 22.3 Å². The minimum Gasteiger partial charge on any atom is -0.325 e. The molecule has 8 nitrogen and oxygen atoms in total. The summed E-state index contributed by atoms with van der Waals surface area (Å²) in [4.78, 5) is 26.1. The minimum absolute atomic E-state index is 0.0247. The number of thioether (sulfide) groups is 1. The molecule has 0 fully saturated rings. The van der Waals surface area contributed by atoms with Crippen LogP contribution in [0.3, 0.4) is 0 Å². The highest BCUT2D eigenvalue weighted by Crippen LogP contribution is 2.23. The third kappa shape index (κ3) is 4.80. The number of nitro groups is 1. The van der Waals surface area contributed by atoms with Gasteiger partial charge in [-0.15, -0.1) is 5.10 Å². The molecule has 3 rings (SSSR count). The van der Waals surface area contributed by atoms with Crippen LogP contribution in [-0.2, 0) is 4.79 Å². The number of hydrogen-bond donors (Lipinski definition) is 2. The number of nitrogens with zero attached hydrogens (tertiary/aromatic N) is 3. The highest BCUT2D eigenvalue weighted by atomic mass is 35.5. The van der Waals surface area contributed by atoms with Crippen molar-refractivity contribution < 1.29 is 14.1 Å². The monoisotopic (exact) mass is 407 g/mol. The molecule has 0 atom stereocenters. The van der Waals surface area contributed by atoms with E-state index in [1.165, 1.54) is 6.07 Å². The summed E-state index contributed by atoms with van der Waals surface area (Å²) in [5.74, 6) is -0.895. The fraction of sp³-hybridized carbons (Fsp3) is 0.0625. The van der Waals surface area contributed by atoms with Crippen molar-refractivity contribution in [2.24, 2.45) is 0 Å². The Morgan fingerprint density at radius 2 is 2.04 bits per heavy atom. The van der Waals surface area contributed by atoms with Gasteiger partial charge in [0.2, 0.25) is 16.9 Å². The summed E-state index contributed by atoms with van der Waals surface area (Å²) in [5.41, 5.74) is 0.217. The Kier molecular flexibility index (Phi) is 5.67. The molecule has 1 heterocycles. The third-order valence-corrected chi connectivity index (χ3v) is 4.44. The Labute approximate surface area is 161 Å². The van der Waals surface area contributed by atoms with Crippen molar-refractivity contribution in [3.8, 4) is 11.4 Å². The Morgan fingerprint density at radius 3 is 2.74 bits per heavy atom. The number of nitro benzene ring substituents is 1. The lowest BCUT2D eigenvalue weighted by atomic mass is 10.2. The van der Waals surface area contributed by atoms with Gasteiger partial charge in [-0.05, 0) is 36.4 Å². The normalized spacial score (nSPS) is 10.6. The zero-order valence-electron chi connectivity index (χ0n) is 13.5. The summed E-state index contributed by atoms with van der Waals surface area (Å²) in [6.45, 7) is 0. The first-order chi connectivity index (χ1) is 12.9. The van der Waals surface area contributed by atoms with Crippen molar-refractivity contribution in [2.45, 2.75) is 5.16 Å². The van der Waals surface area contributed by atoms with Crippen LogP contribution in [0.5, 0.6) is 0 Å². The number of carbonyl (C=O) groups excluding carboxylic acids is 1. The van der Waals surface area contributed by atoms with Crippen LogP contribution in [0.4, 0.5) is 15.8 Å². The number of halogens is 2. The molecule has 11 heteroatoms. The predicted molar refractivity (Wildman–Crippen MR) is 99.2 cm³/mol. The molecule has 2 N–H and O–H groups in total. The molecular formula is C16H11ClFN5O3S. The first-order valence-electron chi connectivity index (χ1n) is 7.47. The second kappa shape index (κ2) is 8.14. The van der Waals surface area contributed by atoms with Crippen molar-refractivity contribution in [2.75, 3.05) is 11.1 Å². The maximum Gasteiger partial charge on any atom is 0.306 e. The summed E-state index contributed by atoms with van der Waals surface area (Å²) in [6.07, 6.45) is 0. The standard InChI is InChI=1S/C16H11ClFN5O3S/c17-10-3-1-9(2-4-10)15-20-16(22-21-15)27-8-14(24)19-11-5-6-12(18)13(7-11)23(25)26/h1-7H,8H2,(H,19,24)(H,20,21,22). The number of benzene rings is 2. The molecule has 3 aromatic rings. The van der Waals surface area contributed by atoms with Crippen molar-refractivity contribution in [1.82, 2.24) is 15.2 Å². The van der Waals surface area contributed by atoms with E-state index in [4.69, 9.17) is 11.6 Å². The van der Waals surface area contributed by atoms with Crippen LogP contribution in [0, 0.1) is 15.9 Å². The summed E-state index contributed by atoms with van der Waals surface area (Å²) >= 11 is 6.92. The van der Waals surface area contributed by atoms with Gasteiger partial charge in [-0.2, -0.15) is 4.39 Å². The van der Waals surface area contributed by atoms with E-state index >= 15 is 0 Å². The first-order valence-corrected chi connectivity index (χ1v) is 8.83. The molecule has 0 radical (unpaired) electrons. The lowest BCUT2D eigenvalue weighted by Gasteiger charge is -2.04. The van der Waals surface area contributed by atoms with Gasteiger partial charge in [0.05, 0.1) is 10.7 Å². The number of amides is 1. The largest absolute Gasteiger partial charge is 0.325 e. The quantitative estimate of drug-likeness (QED) is 0.364. The summed E-state index contributed by atoms with van der Waals surface area (Å²) < 4.78 is 13.3. The zero-order chi connectivity index (χ0) is 19.4. The number of aromatic nitrogens is 3.